The number of methoxy groups -OCH3 is 2. The molecular formula is C26H29ClN2O5S. The normalized spacial score (nSPS) is 12.0. The molecule has 0 saturated heterocycles. The maximum Gasteiger partial charge on any atom is 0.264 e. The monoisotopic (exact) mass is 516 g/mol. The van der Waals surface area contributed by atoms with Gasteiger partial charge in [0.15, 0.2) is 0 Å². The highest BCUT2D eigenvalue weighted by Gasteiger charge is 2.28. The van der Waals surface area contributed by atoms with Crippen LogP contribution in [-0.2, 0) is 14.8 Å². The fraction of sp³-hybridized carbons (Fsp3) is 0.269. The van der Waals surface area contributed by atoms with Crippen LogP contribution in [0.1, 0.15) is 30.5 Å². The topological polar surface area (TPSA) is 84.9 Å². The van der Waals surface area contributed by atoms with Crippen LogP contribution in [-0.4, -0.2) is 35.1 Å². The van der Waals surface area contributed by atoms with Crippen molar-refractivity contribution in [2.45, 2.75) is 31.2 Å². The average molecular weight is 517 g/mol. The van der Waals surface area contributed by atoms with E-state index in [1.54, 1.807) is 37.4 Å². The zero-order valence-corrected chi connectivity index (χ0v) is 21.7. The van der Waals surface area contributed by atoms with Gasteiger partial charge in [-0.1, -0.05) is 36.7 Å². The molecule has 0 aliphatic rings. The fourth-order valence-electron chi connectivity index (χ4n) is 3.73. The molecule has 0 bridgehead atoms. The summed E-state index contributed by atoms with van der Waals surface area (Å²) < 4.78 is 38.6. The molecular weight excluding hydrogens is 488 g/mol. The van der Waals surface area contributed by atoms with Gasteiger partial charge >= 0.3 is 0 Å². The highest BCUT2D eigenvalue weighted by molar-refractivity contribution is 7.92. The first-order valence-corrected chi connectivity index (χ1v) is 12.9. The molecule has 9 heteroatoms. The van der Waals surface area contributed by atoms with Crippen molar-refractivity contribution in [2.75, 3.05) is 25.1 Å². The Morgan fingerprint density at radius 1 is 1.03 bits per heavy atom. The zero-order chi connectivity index (χ0) is 25.6. The molecule has 0 fully saturated rings. The van der Waals surface area contributed by atoms with Gasteiger partial charge in [-0.3, -0.25) is 9.10 Å². The smallest absolute Gasteiger partial charge is 0.264 e. The van der Waals surface area contributed by atoms with Crippen LogP contribution in [0.4, 0.5) is 5.69 Å². The van der Waals surface area contributed by atoms with Gasteiger partial charge in [-0.25, -0.2) is 8.42 Å². The molecule has 1 atom stereocenters. The lowest BCUT2D eigenvalue weighted by Gasteiger charge is -2.26. The molecule has 0 radical (unpaired) electrons. The summed E-state index contributed by atoms with van der Waals surface area (Å²) in [5.74, 6) is 0.839. The van der Waals surface area contributed by atoms with Crippen molar-refractivity contribution in [3.05, 3.63) is 82.9 Å². The van der Waals surface area contributed by atoms with E-state index in [1.165, 1.54) is 25.3 Å². The van der Waals surface area contributed by atoms with E-state index in [0.29, 0.717) is 17.2 Å². The van der Waals surface area contributed by atoms with E-state index in [1.807, 2.05) is 32.0 Å². The number of halogens is 1. The Bertz CT molecular complexity index is 1280. The summed E-state index contributed by atoms with van der Waals surface area (Å²) in [5.41, 5.74) is 2.14. The van der Waals surface area contributed by atoms with Crippen LogP contribution in [0.15, 0.2) is 71.6 Å². The van der Waals surface area contributed by atoms with Crippen molar-refractivity contribution >= 4 is 33.2 Å². The number of benzene rings is 3. The quantitative estimate of drug-likeness (QED) is 0.404. The highest BCUT2D eigenvalue weighted by atomic mass is 35.5. The largest absolute Gasteiger partial charge is 0.497 e. The molecule has 3 rings (SSSR count). The van der Waals surface area contributed by atoms with Crippen LogP contribution in [0.3, 0.4) is 0 Å². The second-order valence-corrected chi connectivity index (χ2v) is 10.2. The second kappa shape index (κ2) is 11.5. The first kappa shape index (κ1) is 26.4. The molecule has 0 spiro atoms. The van der Waals surface area contributed by atoms with Crippen LogP contribution in [0.5, 0.6) is 11.5 Å². The highest BCUT2D eigenvalue weighted by Crippen LogP contribution is 2.28. The van der Waals surface area contributed by atoms with Gasteiger partial charge in [-0.05, 0) is 73.0 Å². The lowest BCUT2D eigenvalue weighted by molar-refractivity contribution is -0.120. The Morgan fingerprint density at radius 3 is 2.31 bits per heavy atom. The van der Waals surface area contributed by atoms with Gasteiger partial charge < -0.3 is 14.8 Å². The predicted molar refractivity (Wildman–Crippen MR) is 138 cm³/mol. The van der Waals surface area contributed by atoms with E-state index in [-0.39, 0.29) is 16.6 Å². The Hall–Kier alpha value is -3.23. The van der Waals surface area contributed by atoms with E-state index in [9.17, 15) is 13.2 Å². The number of amides is 1. The van der Waals surface area contributed by atoms with E-state index in [0.717, 1.165) is 21.2 Å². The van der Waals surface area contributed by atoms with Crippen LogP contribution in [0, 0.1) is 6.92 Å². The fourth-order valence-corrected chi connectivity index (χ4v) is 5.33. The number of aryl methyl sites for hydroxylation is 1. The number of nitrogens with one attached hydrogen (secondary N) is 1. The van der Waals surface area contributed by atoms with Crippen LogP contribution >= 0.6 is 11.6 Å². The van der Waals surface area contributed by atoms with Crippen molar-refractivity contribution in [1.29, 1.82) is 0 Å². The predicted octanol–water partition coefficient (Wildman–Crippen LogP) is 5.13. The number of hydrogen-bond donors (Lipinski definition) is 1. The summed E-state index contributed by atoms with van der Waals surface area (Å²) in [4.78, 5) is 13.2. The molecule has 0 aliphatic carbocycles. The third-order valence-corrected chi connectivity index (χ3v) is 7.62. The van der Waals surface area contributed by atoms with Crippen LogP contribution in [0.2, 0.25) is 5.02 Å². The maximum absolute atomic E-state index is 13.6. The van der Waals surface area contributed by atoms with Crippen molar-refractivity contribution in [3.63, 3.8) is 0 Å². The van der Waals surface area contributed by atoms with E-state index in [4.69, 9.17) is 21.1 Å². The third-order valence-electron chi connectivity index (χ3n) is 5.60. The molecule has 186 valence electrons. The molecule has 7 nitrogen and oxygen atoms in total. The summed E-state index contributed by atoms with van der Waals surface area (Å²) in [6, 6.07) is 17.8. The minimum atomic E-state index is -4.07. The standard InChI is InChI=1S/C26H29ClN2O5S/c1-5-24(19-9-14-25(34-4)18(2)15-19)28-26(30)17-29(21-8-6-7-20(27)16-21)35(31,32)23-12-10-22(33-3)11-13-23/h6-16,24H,5,17H2,1-4H3,(H,28,30)/t24-/m1/s1. The minimum Gasteiger partial charge on any atom is -0.497 e. The average Bonchev–Trinajstić information content (AvgIpc) is 2.85. The Balaban J connectivity index is 1.90. The lowest BCUT2D eigenvalue weighted by Crippen LogP contribution is -2.42. The van der Waals surface area contributed by atoms with E-state index >= 15 is 0 Å². The number of rotatable bonds is 10. The van der Waals surface area contributed by atoms with Gasteiger partial charge in [-0.15, -0.1) is 0 Å². The summed E-state index contributed by atoms with van der Waals surface area (Å²) in [6.45, 7) is 3.47. The molecule has 1 amide bonds. The second-order valence-electron chi connectivity index (χ2n) is 7.92. The Morgan fingerprint density at radius 2 is 1.74 bits per heavy atom. The van der Waals surface area contributed by atoms with Crippen molar-refractivity contribution in [3.8, 4) is 11.5 Å². The van der Waals surface area contributed by atoms with Crippen molar-refractivity contribution in [2.24, 2.45) is 0 Å². The maximum atomic E-state index is 13.6. The molecule has 3 aromatic rings. The van der Waals surface area contributed by atoms with E-state index in [2.05, 4.69) is 5.32 Å². The number of carbonyl (C=O) groups is 1. The number of carbonyl (C=O) groups excluding carboxylic acids is 1. The summed E-state index contributed by atoms with van der Waals surface area (Å²) in [5, 5.41) is 3.32. The van der Waals surface area contributed by atoms with Gasteiger partial charge in [0, 0.05) is 5.02 Å². The lowest BCUT2D eigenvalue weighted by atomic mass is 10.0. The first-order chi connectivity index (χ1) is 16.7. The van der Waals surface area contributed by atoms with Crippen molar-refractivity contribution in [1.82, 2.24) is 5.32 Å². The summed E-state index contributed by atoms with van der Waals surface area (Å²) >= 11 is 6.14. The number of sulfonamides is 1. The number of hydrogen-bond acceptors (Lipinski definition) is 5. The SMILES string of the molecule is CC[C@@H](NC(=O)CN(c1cccc(Cl)c1)S(=O)(=O)c1ccc(OC)cc1)c1ccc(OC)c(C)c1. The van der Waals surface area contributed by atoms with Gasteiger partial charge in [0.25, 0.3) is 10.0 Å². The molecule has 0 aromatic heterocycles. The minimum absolute atomic E-state index is 0.0314. The van der Waals surface area contributed by atoms with E-state index < -0.39 is 22.5 Å². The molecule has 0 unspecified atom stereocenters. The number of ether oxygens (including phenoxy) is 2. The number of nitrogens with zero attached hydrogens (tertiary/aromatic N) is 1. The van der Waals surface area contributed by atoms with Gasteiger partial charge in [0.1, 0.15) is 18.0 Å². The van der Waals surface area contributed by atoms with Gasteiger partial charge in [0.2, 0.25) is 5.91 Å². The van der Waals surface area contributed by atoms with Crippen LogP contribution < -0.4 is 19.1 Å². The zero-order valence-electron chi connectivity index (χ0n) is 20.1. The molecule has 35 heavy (non-hydrogen) atoms. The Kier molecular flexibility index (Phi) is 8.64. The van der Waals surface area contributed by atoms with Crippen molar-refractivity contribution < 1.29 is 22.7 Å². The molecule has 1 N–H and O–H groups in total. The third kappa shape index (κ3) is 6.26. The molecule has 0 saturated carbocycles. The molecule has 0 aliphatic heterocycles. The first-order valence-electron chi connectivity index (χ1n) is 11.1. The van der Waals surface area contributed by atoms with Gasteiger partial charge in [-0.2, -0.15) is 0 Å². The molecule has 0 heterocycles. The molecule has 3 aromatic carbocycles. The Labute approximate surface area is 211 Å². The number of anilines is 1. The van der Waals surface area contributed by atoms with Crippen LogP contribution in [0.25, 0.3) is 0 Å². The summed E-state index contributed by atoms with van der Waals surface area (Å²) in [7, 11) is -0.966. The van der Waals surface area contributed by atoms with Gasteiger partial charge in [0.05, 0.1) is 30.8 Å². The summed E-state index contributed by atoms with van der Waals surface area (Å²) in [6.07, 6.45) is 0.625.